The molecule has 2 fully saturated rings. The van der Waals surface area contributed by atoms with Crippen LogP contribution in [0.15, 0.2) is 72.8 Å². The molecule has 2 aromatic rings. The van der Waals surface area contributed by atoms with Crippen LogP contribution in [-0.4, -0.2) is 42.6 Å². The Kier molecular flexibility index (Phi) is 4.94. The number of esters is 2. The molecule has 1 saturated heterocycles. The Morgan fingerprint density at radius 2 is 1.58 bits per heavy atom. The first-order valence-corrected chi connectivity index (χ1v) is 10.4. The summed E-state index contributed by atoms with van der Waals surface area (Å²) in [5.41, 5.74) is -0.438. The van der Waals surface area contributed by atoms with Gasteiger partial charge in [-0.05, 0) is 36.6 Å². The molecular formula is C25H22O6. The number of allylic oxidation sites excluding steroid dienone is 1. The number of carbonyl (C=O) groups is 3. The van der Waals surface area contributed by atoms with Crippen molar-refractivity contribution in [2.24, 2.45) is 17.8 Å². The second kappa shape index (κ2) is 7.78. The van der Waals surface area contributed by atoms with Crippen molar-refractivity contribution in [3.8, 4) is 0 Å². The van der Waals surface area contributed by atoms with Gasteiger partial charge in [-0.25, -0.2) is 9.59 Å². The number of carbonyl (C=O) groups excluding carboxylic acids is 3. The third-order valence-electron chi connectivity index (χ3n) is 6.55. The van der Waals surface area contributed by atoms with Crippen molar-refractivity contribution in [1.29, 1.82) is 0 Å². The lowest BCUT2D eigenvalue weighted by Gasteiger charge is -2.46. The molecule has 1 aliphatic heterocycles. The minimum Gasteiger partial charge on any atom is -0.459 e. The van der Waals surface area contributed by atoms with Crippen LogP contribution in [0.1, 0.15) is 27.1 Å². The number of hydrogen-bond acceptors (Lipinski definition) is 6. The number of ether oxygens (including phenoxy) is 3. The second-order valence-corrected chi connectivity index (χ2v) is 8.20. The molecule has 5 atom stereocenters. The topological polar surface area (TPSA) is 78.9 Å². The van der Waals surface area contributed by atoms with Crippen molar-refractivity contribution in [3.63, 3.8) is 0 Å². The molecule has 0 N–H and O–H groups in total. The van der Waals surface area contributed by atoms with Gasteiger partial charge in [0.25, 0.3) is 0 Å². The SMILES string of the molecule is O=C(OCC1OCC(=O)C2(OC(=O)c3ccccc3)C3C=CC(C3)C12)c1ccccc1. The van der Waals surface area contributed by atoms with Crippen molar-refractivity contribution < 1.29 is 28.6 Å². The van der Waals surface area contributed by atoms with E-state index in [4.69, 9.17) is 14.2 Å². The van der Waals surface area contributed by atoms with Crippen LogP contribution in [-0.2, 0) is 19.0 Å². The molecule has 0 amide bonds. The van der Waals surface area contributed by atoms with E-state index < -0.39 is 23.6 Å². The van der Waals surface area contributed by atoms with E-state index in [-0.39, 0.29) is 36.8 Å². The van der Waals surface area contributed by atoms with Crippen LogP contribution in [0.2, 0.25) is 0 Å². The van der Waals surface area contributed by atoms with Gasteiger partial charge >= 0.3 is 11.9 Å². The summed E-state index contributed by atoms with van der Waals surface area (Å²) in [5.74, 6) is -1.77. The van der Waals surface area contributed by atoms with Crippen molar-refractivity contribution in [3.05, 3.63) is 83.9 Å². The molecule has 2 bridgehead atoms. The largest absolute Gasteiger partial charge is 0.459 e. The molecule has 2 aliphatic carbocycles. The van der Waals surface area contributed by atoms with Crippen molar-refractivity contribution in [2.75, 3.05) is 13.2 Å². The van der Waals surface area contributed by atoms with Gasteiger partial charge < -0.3 is 14.2 Å². The van der Waals surface area contributed by atoms with Crippen molar-refractivity contribution in [1.82, 2.24) is 0 Å². The van der Waals surface area contributed by atoms with Crippen LogP contribution in [0.3, 0.4) is 0 Å². The highest BCUT2D eigenvalue weighted by molar-refractivity contribution is 5.97. The zero-order valence-electron chi connectivity index (χ0n) is 16.8. The zero-order chi connectivity index (χ0) is 21.4. The summed E-state index contributed by atoms with van der Waals surface area (Å²) < 4.78 is 17.3. The predicted octanol–water partition coefficient (Wildman–Crippen LogP) is 3.23. The second-order valence-electron chi connectivity index (χ2n) is 8.20. The maximum atomic E-state index is 13.1. The van der Waals surface area contributed by atoms with E-state index in [1.807, 2.05) is 18.2 Å². The first kappa shape index (κ1) is 19.7. The van der Waals surface area contributed by atoms with Crippen LogP contribution in [0.5, 0.6) is 0 Å². The lowest BCUT2D eigenvalue weighted by molar-refractivity contribution is -0.184. The number of hydrogen-bond donors (Lipinski definition) is 0. The van der Waals surface area contributed by atoms with Crippen LogP contribution < -0.4 is 0 Å². The summed E-state index contributed by atoms with van der Waals surface area (Å²) in [4.78, 5) is 38.4. The summed E-state index contributed by atoms with van der Waals surface area (Å²) in [6.07, 6.45) is 4.20. The Labute approximate surface area is 179 Å². The van der Waals surface area contributed by atoms with Crippen LogP contribution in [0, 0.1) is 17.8 Å². The van der Waals surface area contributed by atoms with E-state index in [2.05, 4.69) is 6.08 Å². The highest BCUT2D eigenvalue weighted by Crippen LogP contribution is 2.56. The van der Waals surface area contributed by atoms with Crippen molar-refractivity contribution >= 4 is 17.7 Å². The summed E-state index contributed by atoms with van der Waals surface area (Å²) in [6.45, 7) is -0.184. The van der Waals surface area contributed by atoms with Crippen LogP contribution in [0.25, 0.3) is 0 Å². The molecule has 5 unspecified atom stereocenters. The van der Waals surface area contributed by atoms with Gasteiger partial charge in [0.05, 0.1) is 17.2 Å². The fraction of sp³-hybridized carbons (Fsp3) is 0.320. The average Bonchev–Trinajstić information content (AvgIpc) is 3.41. The molecule has 1 saturated carbocycles. The Morgan fingerprint density at radius 3 is 2.26 bits per heavy atom. The Balaban J connectivity index is 1.39. The molecule has 0 radical (unpaired) electrons. The Morgan fingerprint density at radius 1 is 0.935 bits per heavy atom. The Hall–Kier alpha value is -3.25. The fourth-order valence-electron chi connectivity index (χ4n) is 5.17. The van der Waals surface area contributed by atoms with Gasteiger partial charge in [-0.3, -0.25) is 4.79 Å². The van der Waals surface area contributed by atoms with E-state index in [9.17, 15) is 14.4 Å². The van der Waals surface area contributed by atoms with E-state index in [1.54, 1.807) is 48.5 Å². The monoisotopic (exact) mass is 418 g/mol. The average molecular weight is 418 g/mol. The molecule has 1 heterocycles. The molecule has 0 spiro atoms. The summed E-state index contributed by atoms with van der Waals surface area (Å²) in [5, 5.41) is 0. The van der Waals surface area contributed by atoms with Gasteiger partial charge in [0.2, 0.25) is 5.78 Å². The van der Waals surface area contributed by atoms with E-state index >= 15 is 0 Å². The standard InChI is InChI=1S/C25H22O6/c26-21-15-29-20(14-30-23(27)16-7-3-1-4-8-16)22-18-11-12-19(13-18)25(21,22)31-24(28)17-9-5-2-6-10-17/h1-12,18-20,22H,13-15H2. The number of rotatable bonds is 5. The molecule has 2 aromatic carbocycles. The van der Waals surface area contributed by atoms with Gasteiger partial charge in [0.1, 0.15) is 13.2 Å². The van der Waals surface area contributed by atoms with Gasteiger partial charge in [-0.2, -0.15) is 0 Å². The molecule has 6 heteroatoms. The zero-order valence-corrected chi connectivity index (χ0v) is 16.8. The summed E-state index contributed by atoms with van der Waals surface area (Å²) in [6, 6.07) is 17.4. The third kappa shape index (κ3) is 3.27. The van der Waals surface area contributed by atoms with Crippen LogP contribution in [0.4, 0.5) is 0 Å². The van der Waals surface area contributed by atoms with Gasteiger partial charge in [0.15, 0.2) is 5.60 Å². The molecule has 0 aromatic heterocycles. The van der Waals surface area contributed by atoms with Gasteiger partial charge in [-0.1, -0.05) is 48.6 Å². The lowest BCUT2D eigenvalue weighted by Crippen LogP contribution is -2.62. The maximum absolute atomic E-state index is 13.1. The highest BCUT2D eigenvalue weighted by atomic mass is 16.6. The molecule has 158 valence electrons. The normalized spacial score (nSPS) is 30.6. The van der Waals surface area contributed by atoms with Crippen molar-refractivity contribution in [2.45, 2.75) is 18.1 Å². The number of ketones is 1. The fourth-order valence-corrected chi connectivity index (χ4v) is 5.17. The third-order valence-corrected chi connectivity index (χ3v) is 6.55. The first-order valence-electron chi connectivity index (χ1n) is 10.4. The number of Topliss-reactive ketones (excluding diaryl/α,β-unsaturated/α-hetero) is 1. The molecule has 31 heavy (non-hydrogen) atoms. The molecule has 3 aliphatic rings. The summed E-state index contributed by atoms with van der Waals surface area (Å²) in [7, 11) is 0. The molecule has 6 nitrogen and oxygen atoms in total. The predicted molar refractivity (Wildman–Crippen MR) is 110 cm³/mol. The minimum atomic E-state index is -1.28. The number of fused-ring (bicyclic) bond motifs is 5. The molecule has 5 rings (SSSR count). The Bertz CT molecular complexity index is 1030. The maximum Gasteiger partial charge on any atom is 0.339 e. The quantitative estimate of drug-likeness (QED) is 0.548. The smallest absolute Gasteiger partial charge is 0.339 e. The van der Waals surface area contributed by atoms with E-state index in [0.29, 0.717) is 17.5 Å². The van der Waals surface area contributed by atoms with Gasteiger partial charge in [0, 0.05) is 11.8 Å². The van der Waals surface area contributed by atoms with E-state index in [0.717, 1.165) is 0 Å². The summed E-state index contributed by atoms with van der Waals surface area (Å²) >= 11 is 0. The van der Waals surface area contributed by atoms with E-state index in [1.165, 1.54) is 0 Å². The number of benzene rings is 2. The highest BCUT2D eigenvalue weighted by Gasteiger charge is 2.67. The first-order chi connectivity index (χ1) is 15.1. The molecular weight excluding hydrogens is 396 g/mol. The van der Waals surface area contributed by atoms with Crippen LogP contribution >= 0.6 is 0 Å². The lowest BCUT2D eigenvalue weighted by atomic mass is 9.71. The minimum absolute atomic E-state index is 0.00658. The van der Waals surface area contributed by atoms with Gasteiger partial charge in [-0.15, -0.1) is 0 Å².